The molecule has 3 aromatic rings. The Morgan fingerprint density at radius 3 is 2.40 bits per heavy atom. The molecule has 0 radical (unpaired) electrons. The van der Waals surface area contributed by atoms with Crippen LogP contribution in [0.4, 0.5) is 19.0 Å². The van der Waals surface area contributed by atoms with Gasteiger partial charge in [0.25, 0.3) is 5.91 Å². The van der Waals surface area contributed by atoms with Gasteiger partial charge in [0.05, 0.1) is 10.6 Å². The number of hydrogen-bond acceptors (Lipinski definition) is 5. The maximum atomic E-state index is 12.8. The van der Waals surface area contributed by atoms with Crippen molar-refractivity contribution in [3.8, 4) is 0 Å². The monoisotopic (exact) mass is 437 g/mol. The number of amides is 1. The molecule has 1 heterocycles. The Kier molecular flexibility index (Phi) is 5.79. The number of carbonyl (C=O) groups is 2. The Balaban J connectivity index is 1.78. The zero-order chi connectivity index (χ0) is 22.1. The van der Waals surface area contributed by atoms with E-state index in [1.165, 1.54) is 6.07 Å². The second-order valence-electron chi connectivity index (χ2n) is 6.43. The van der Waals surface area contributed by atoms with Crippen LogP contribution in [-0.4, -0.2) is 27.1 Å². The smallest absolute Gasteiger partial charge is 0.382 e. The van der Waals surface area contributed by atoms with Crippen LogP contribution < -0.4 is 11.1 Å². The Labute approximate surface area is 173 Å². The molecule has 1 amide bonds. The number of anilines is 1. The van der Waals surface area contributed by atoms with Crippen molar-refractivity contribution in [2.24, 2.45) is 0 Å². The summed E-state index contributed by atoms with van der Waals surface area (Å²) in [6, 6.07) is 7.05. The minimum atomic E-state index is -4.49. The molecule has 0 aliphatic heterocycles. The van der Waals surface area contributed by atoms with Gasteiger partial charge >= 0.3 is 6.18 Å². The second-order valence-corrected chi connectivity index (χ2v) is 6.84. The maximum Gasteiger partial charge on any atom is 0.416 e. The summed E-state index contributed by atoms with van der Waals surface area (Å²) in [4.78, 5) is 24.8. The van der Waals surface area contributed by atoms with Gasteiger partial charge in [-0.3, -0.25) is 9.59 Å². The number of nitrogens with zero attached hydrogens (tertiary/aromatic N) is 2. The summed E-state index contributed by atoms with van der Waals surface area (Å²) in [5.74, 6) is -1.02. The normalized spacial score (nSPS) is 11.4. The van der Waals surface area contributed by atoms with Gasteiger partial charge in [-0.05, 0) is 36.2 Å². The van der Waals surface area contributed by atoms with Crippen molar-refractivity contribution in [1.82, 2.24) is 20.7 Å². The van der Waals surface area contributed by atoms with Crippen molar-refractivity contribution in [2.75, 3.05) is 5.73 Å². The van der Waals surface area contributed by atoms with Gasteiger partial charge in [-0.1, -0.05) is 35.0 Å². The average Bonchev–Trinajstić information content (AvgIpc) is 3.11. The molecule has 2 aromatic carbocycles. The molecule has 30 heavy (non-hydrogen) atoms. The molecule has 0 aliphatic carbocycles. The van der Waals surface area contributed by atoms with E-state index in [9.17, 15) is 22.8 Å². The summed E-state index contributed by atoms with van der Waals surface area (Å²) in [6.45, 7) is 1.73. The minimum absolute atomic E-state index is 0.0270. The number of alkyl halides is 3. The van der Waals surface area contributed by atoms with E-state index in [0.717, 1.165) is 24.3 Å². The highest BCUT2D eigenvalue weighted by molar-refractivity contribution is 6.35. The van der Waals surface area contributed by atoms with Crippen molar-refractivity contribution in [2.45, 2.75) is 19.6 Å². The number of aromatic nitrogens is 3. The first kappa shape index (κ1) is 21.3. The van der Waals surface area contributed by atoms with E-state index < -0.39 is 23.4 Å². The minimum Gasteiger partial charge on any atom is -0.382 e. The van der Waals surface area contributed by atoms with Crippen molar-refractivity contribution in [1.29, 1.82) is 0 Å². The fourth-order valence-corrected chi connectivity index (χ4v) is 3.20. The molecule has 0 spiro atoms. The van der Waals surface area contributed by atoms with Gasteiger partial charge in [-0.15, -0.1) is 5.10 Å². The van der Waals surface area contributed by atoms with Gasteiger partial charge in [0.15, 0.2) is 17.3 Å². The Bertz CT molecular complexity index is 1090. The lowest BCUT2D eigenvalue weighted by atomic mass is 9.96. The fourth-order valence-electron chi connectivity index (χ4n) is 2.83. The van der Waals surface area contributed by atoms with Crippen molar-refractivity contribution in [3.05, 3.63) is 74.9 Å². The largest absolute Gasteiger partial charge is 0.416 e. The Morgan fingerprint density at radius 1 is 1.20 bits per heavy atom. The van der Waals surface area contributed by atoms with Gasteiger partial charge in [0.2, 0.25) is 0 Å². The SMILES string of the molecule is Cc1cc(CNC(=O)c2nn[nH]c2N)cc(Cl)c1C(=O)c1ccc(C(F)(F)F)cc1. The van der Waals surface area contributed by atoms with Gasteiger partial charge in [-0.2, -0.15) is 13.2 Å². The van der Waals surface area contributed by atoms with Gasteiger partial charge in [-0.25, -0.2) is 5.10 Å². The molecule has 7 nitrogen and oxygen atoms in total. The van der Waals surface area contributed by atoms with Crippen LogP contribution in [0.3, 0.4) is 0 Å². The highest BCUT2D eigenvalue weighted by Gasteiger charge is 2.30. The van der Waals surface area contributed by atoms with E-state index in [-0.39, 0.29) is 34.2 Å². The summed E-state index contributed by atoms with van der Waals surface area (Å²) in [5, 5.41) is 12.1. The number of aromatic amines is 1. The summed E-state index contributed by atoms with van der Waals surface area (Å²) in [5.41, 5.74) is 6.01. The zero-order valence-electron chi connectivity index (χ0n) is 15.5. The number of rotatable bonds is 5. The number of carbonyl (C=O) groups excluding carboxylic acids is 2. The molecule has 0 saturated heterocycles. The molecule has 156 valence electrons. The van der Waals surface area contributed by atoms with E-state index >= 15 is 0 Å². The predicted molar refractivity (Wildman–Crippen MR) is 103 cm³/mol. The van der Waals surface area contributed by atoms with Crippen molar-refractivity contribution >= 4 is 29.1 Å². The van der Waals surface area contributed by atoms with Crippen LogP contribution >= 0.6 is 11.6 Å². The fraction of sp³-hybridized carbons (Fsp3) is 0.158. The number of nitrogen functional groups attached to an aromatic ring is 1. The predicted octanol–water partition coefficient (Wildman–Crippen LogP) is 3.53. The highest BCUT2D eigenvalue weighted by Crippen LogP contribution is 2.30. The molecule has 4 N–H and O–H groups in total. The topological polar surface area (TPSA) is 114 Å². The highest BCUT2D eigenvalue weighted by atomic mass is 35.5. The third-order valence-corrected chi connectivity index (χ3v) is 4.59. The number of halogens is 4. The van der Waals surface area contributed by atoms with Crippen molar-refractivity contribution < 1.29 is 22.8 Å². The molecular weight excluding hydrogens is 423 g/mol. The number of ketones is 1. The summed E-state index contributed by atoms with van der Waals surface area (Å²) < 4.78 is 38.1. The number of nitrogens with two attached hydrogens (primary N) is 1. The Hall–Kier alpha value is -3.40. The molecule has 0 atom stereocenters. The molecule has 0 unspecified atom stereocenters. The molecule has 1 aromatic heterocycles. The van der Waals surface area contributed by atoms with Crippen LogP contribution in [-0.2, 0) is 12.7 Å². The Morgan fingerprint density at radius 2 is 1.87 bits per heavy atom. The van der Waals surface area contributed by atoms with E-state index in [4.69, 9.17) is 17.3 Å². The second kappa shape index (κ2) is 8.15. The zero-order valence-corrected chi connectivity index (χ0v) is 16.2. The van der Waals surface area contributed by atoms with E-state index in [1.54, 1.807) is 13.0 Å². The summed E-state index contributed by atoms with van der Waals surface area (Å²) >= 11 is 6.26. The third kappa shape index (κ3) is 4.43. The van der Waals surface area contributed by atoms with E-state index in [0.29, 0.717) is 11.1 Å². The standard InChI is InChI=1S/C19H15ClF3N5O2/c1-9-6-10(8-25-18(30)15-17(24)27-28-26-15)7-13(20)14(9)16(29)11-2-4-12(5-3-11)19(21,22)23/h2-7H,8H2,1H3,(H,25,30)(H3,24,26,27,28). The summed E-state index contributed by atoms with van der Waals surface area (Å²) in [7, 11) is 0. The van der Waals surface area contributed by atoms with Crippen LogP contribution in [0.15, 0.2) is 36.4 Å². The molecule has 3 rings (SSSR count). The molecular formula is C19H15ClF3N5O2. The maximum absolute atomic E-state index is 12.8. The number of H-pyrrole nitrogens is 1. The third-order valence-electron chi connectivity index (χ3n) is 4.29. The van der Waals surface area contributed by atoms with Crippen LogP contribution in [0.5, 0.6) is 0 Å². The number of benzene rings is 2. The lowest BCUT2D eigenvalue weighted by Crippen LogP contribution is -2.24. The lowest BCUT2D eigenvalue weighted by Gasteiger charge is -2.12. The first-order chi connectivity index (χ1) is 14.1. The number of aryl methyl sites for hydroxylation is 1. The lowest BCUT2D eigenvalue weighted by molar-refractivity contribution is -0.137. The van der Waals surface area contributed by atoms with Crippen molar-refractivity contribution in [3.63, 3.8) is 0 Å². The molecule has 0 bridgehead atoms. The van der Waals surface area contributed by atoms with E-state index in [2.05, 4.69) is 20.7 Å². The van der Waals surface area contributed by atoms with Crippen LogP contribution in [0.25, 0.3) is 0 Å². The molecule has 11 heteroatoms. The van der Waals surface area contributed by atoms with Gasteiger partial charge < -0.3 is 11.1 Å². The molecule has 0 saturated carbocycles. The quantitative estimate of drug-likeness (QED) is 0.528. The van der Waals surface area contributed by atoms with Crippen LogP contribution in [0.2, 0.25) is 5.02 Å². The van der Waals surface area contributed by atoms with E-state index in [1.807, 2.05) is 0 Å². The van der Waals surface area contributed by atoms with Crippen LogP contribution in [0.1, 0.15) is 43.1 Å². The first-order valence-electron chi connectivity index (χ1n) is 8.53. The first-order valence-corrected chi connectivity index (χ1v) is 8.91. The number of nitrogens with one attached hydrogen (secondary N) is 2. The average molecular weight is 438 g/mol. The molecule has 0 aliphatic rings. The summed E-state index contributed by atoms with van der Waals surface area (Å²) in [6.07, 6.45) is -4.49. The van der Waals surface area contributed by atoms with Crippen LogP contribution in [0, 0.1) is 6.92 Å². The van der Waals surface area contributed by atoms with Gasteiger partial charge in [0, 0.05) is 17.7 Å². The molecule has 0 fully saturated rings. The van der Waals surface area contributed by atoms with Gasteiger partial charge in [0.1, 0.15) is 0 Å². The number of hydrogen-bond donors (Lipinski definition) is 3.